The zero-order chi connectivity index (χ0) is 19.8. The third-order valence-corrected chi connectivity index (χ3v) is 14.7. The van der Waals surface area contributed by atoms with E-state index in [2.05, 4.69) is 79.9 Å². The Morgan fingerprint density at radius 3 is 1.68 bits per heavy atom. The van der Waals surface area contributed by atoms with Gasteiger partial charge in [0, 0.05) is 11.6 Å². The molecule has 2 nitrogen and oxygen atoms in total. The van der Waals surface area contributed by atoms with Gasteiger partial charge in [-0.25, -0.2) is 0 Å². The van der Waals surface area contributed by atoms with E-state index in [-0.39, 0.29) is 15.5 Å². The Morgan fingerprint density at radius 2 is 1.28 bits per heavy atom. The first-order chi connectivity index (χ1) is 11.0. The molecule has 0 heterocycles. The van der Waals surface area contributed by atoms with E-state index in [1.165, 1.54) is 0 Å². The third-order valence-electron chi connectivity index (χ3n) is 5.76. The molecule has 0 aliphatic carbocycles. The highest BCUT2D eigenvalue weighted by Gasteiger charge is 2.41. The zero-order valence-corrected chi connectivity index (χ0v) is 20.8. The van der Waals surface area contributed by atoms with Crippen molar-refractivity contribution in [1.82, 2.24) is 0 Å². The Balaban J connectivity index is 3.28. The summed E-state index contributed by atoms with van der Waals surface area (Å²) in [5.74, 6) is 1.77. The minimum absolute atomic E-state index is 0.0957. The molecule has 5 heteroatoms. The van der Waals surface area contributed by atoms with E-state index < -0.39 is 16.6 Å². The van der Waals surface area contributed by atoms with Crippen LogP contribution in [0, 0.1) is 0 Å². The van der Waals surface area contributed by atoms with Crippen molar-refractivity contribution in [2.45, 2.75) is 90.1 Å². The lowest BCUT2D eigenvalue weighted by Crippen LogP contribution is -2.44. The highest BCUT2D eigenvalue weighted by Crippen LogP contribution is 2.43. The van der Waals surface area contributed by atoms with Crippen LogP contribution in [0.4, 0.5) is 0 Å². The molecular formula is C20H37ClO2Si2. The Labute approximate surface area is 162 Å². The molecule has 25 heavy (non-hydrogen) atoms. The molecule has 0 aliphatic rings. The summed E-state index contributed by atoms with van der Waals surface area (Å²) in [6.07, 6.45) is 0. The molecule has 144 valence electrons. The second kappa shape index (κ2) is 7.28. The van der Waals surface area contributed by atoms with E-state index in [0.717, 1.165) is 17.1 Å². The van der Waals surface area contributed by atoms with E-state index in [4.69, 9.17) is 20.5 Å². The quantitative estimate of drug-likeness (QED) is 0.371. The molecule has 1 atom stereocenters. The average molecular weight is 401 g/mol. The largest absolute Gasteiger partial charge is 0.543 e. The topological polar surface area (TPSA) is 18.5 Å². The van der Waals surface area contributed by atoms with Crippen LogP contribution >= 0.6 is 11.6 Å². The summed E-state index contributed by atoms with van der Waals surface area (Å²) in [6.45, 7) is 24.5. The molecule has 0 saturated heterocycles. The Morgan fingerprint density at radius 1 is 0.840 bits per heavy atom. The molecule has 0 aromatic heterocycles. The van der Waals surface area contributed by atoms with E-state index in [1.54, 1.807) is 0 Å². The predicted octanol–water partition coefficient (Wildman–Crippen LogP) is 7.75. The summed E-state index contributed by atoms with van der Waals surface area (Å²) in [6, 6.07) is 6.14. The first-order valence-corrected chi connectivity index (χ1v) is 15.4. The summed E-state index contributed by atoms with van der Waals surface area (Å²) in [5.41, 5.74) is 1.04. The maximum absolute atomic E-state index is 6.59. The number of hydrogen-bond acceptors (Lipinski definition) is 2. The summed E-state index contributed by atoms with van der Waals surface area (Å²) in [7, 11) is -3.83. The fourth-order valence-electron chi connectivity index (χ4n) is 1.87. The number of hydrogen-bond donors (Lipinski definition) is 0. The molecule has 0 amide bonds. The molecule has 1 aromatic carbocycles. The SMILES string of the molecule is CC(Cl)c1ccc(O[Si](C)(C)C(C)(C)C)cc1O[Si](C)(C)C(C)(C)C. The van der Waals surface area contributed by atoms with Crippen LogP contribution in [-0.2, 0) is 0 Å². The van der Waals surface area contributed by atoms with Gasteiger partial charge in [0.2, 0.25) is 16.6 Å². The zero-order valence-electron chi connectivity index (χ0n) is 18.0. The highest BCUT2D eigenvalue weighted by molar-refractivity contribution is 6.75. The average Bonchev–Trinajstić information content (AvgIpc) is 2.34. The summed E-state index contributed by atoms with van der Waals surface area (Å²) in [5, 5.41) is 0.198. The van der Waals surface area contributed by atoms with Crippen LogP contribution in [0.3, 0.4) is 0 Å². The van der Waals surface area contributed by atoms with Crippen LogP contribution in [0.15, 0.2) is 18.2 Å². The molecule has 0 radical (unpaired) electrons. The number of benzene rings is 1. The van der Waals surface area contributed by atoms with Crippen molar-refractivity contribution in [3.8, 4) is 11.5 Å². The van der Waals surface area contributed by atoms with Gasteiger partial charge in [-0.1, -0.05) is 47.6 Å². The van der Waals surface area contributed by atoms with Crippen LogP contribution in [0.5, 0.6) is 11.5 Å². The second-order valence-electron chi connectivity index (χ2n) is 10.0. The van der Waals surface area contributed by atoms with Gasteiger partial charge >= 0.3 is 0 Å². The van der Waals surface area contributed by atoms with Crippen molar-refractivity contribution in [3.63, 3.8) is 0 Å². The lowest BCUT2D eigenvalue weighted by Gasteiger charge is -2.38. The smallest absolute Gasteiger partial charge is 0.250 e. The minimum Gasteiger partial charge on any atom is -0.543 e. The van der Waals surface area contributed by atoms with Gasteiger partial charge in [0.1, 0.15) is 11.5 Å². The second-order valence-corrected chi connectivity index (χ2v) is 20.1. The Kier molecular flexibility index (Phi) is 6.58. The lowest BCUT2D eigenvalue weighted by atomic mass is 10.1. The molecule has 0 N–H and O–H groups in total. The van der Waals surface area contributed by atoms with Crippen molar-refractivity contribution < 1.29 is 8.85 Å². The number of alkyl halides is 1. The standard InChI is InChI=1S/C20H37ClO2Si2/c1-15(21)17-13-12-16(22-24(8,9)19(2,3)4)14-18(17)23-25(10,11)20(5,6)7/h12-15H,1-11H3. The third kappa shape index (κ3) is 5.51. The van der Waals surface area contributed by atoms with Crippen LogP contribution in [0.1, 0.15) is 59.4 Å². The molecule has 0 spiro atoms. The van der Waals surface area contributed by atoms with E-state index in [1.807, 2.05) is 13.0 Å². The molecule has 0 saturated carbocycles. The van der Waals surface area contributed by atoms with Crippen LogP contribution in [0.25, 0.3) is 0 Å². The van der Waals surface area contributed by atoms with Crippen molar-refractivity contribution in [3.05, 3.63) is 23.8 Å². The number of rotatable bonds is 5. The molecular weight excluding hydrogens is 364 g/mol. The fourth-order valence-corrected chi connectivity index (χ4v) is 4.11. The Hall–Kier alpha value is -0.456. The lowest BCUT2D eigenvalue weighted by molar-refractivity contribution is 0.471. The molecule has 0 fully saturated rings. The molecule has 1 rings (SSSR count). The van der Waals surface area contributed by atoms with Gasteiger partial charge in [0.05, 0.1) is 5.38 Å². The fraction of sp³-hybridized carbons (Fsp3) is 0.700. The van der Waals surface area contributed by atoms with Gasteiger partial charge in [-0.15, -0.1) is 11.6 Å². The van der Waals surface area contributed by atoms with Gasteiger partial charge in [0.15, 0.2) is 0 Å². The normalized spacial score (nSPS) is 15.0. The van der Waals surface area contributed by atoms with Gasteiger partial charge in [-0.2, -0.15) is 0 Å². The monoisotopic (exact) mass is 400 g/mol. The number of halogens is 1. The molecule has 0 bridgehead atoms. The van der Waals surface area contributed by atoms with Crippen molar-refractivity contribution in [2.24, 2.45) is 0 Å². The van der Waals surface area contributed by atoms with Gasteiger partial charge < -0.3 is 8.85 Å². The summed E-state index contributed by atoms with van der Waals surface area (Å²) >= 11 is 6.41. The maximum Gasteiger partial charge on any atom is 0.250 e. The summed E-state index contributed by atoms with van der Waals surface area (Å²) in [4.78, 5) is 0. The summed E-state index contributed by atoms with van der Waals surface area (Å²) < 4.78 is 13.1. The van der Waals surface area contributed by atoms with Crippen LogP contribution in [0.2, 0.25) is 36.3 Å². The van der Waals surface area contributed by atoms with Crippen molar-refractivity contribution in [1.29, 1.82) is 0 Å². The van der Waals surface area contributed by atoms with Crippen molar-refractivity contribution in [2.75, 3.05) is 0 Å². The first-order valence-electron chi connectivity index (χ1n) is 9.14. The molecule has 1 unspecified atom stereocenters. The van der Waals surface area contributed by atoms with Crippen LogP contribution < -0.4 is 8.85 Å². The molecule has 1 aromatic rings. The Bertz CT molecular complexity index is 597. The van der Waals surface area contributed by atoms with E-state index >= 15 is 0 Å². The highest BCUT2D eigenvalue weighted by atomic mass is 35.5. The predicted molar refractivity (Wildman–Crippen MR) is 116 cm³/mol. The molecule has 0 aliphatic heterocycles. The van der Waals surface area contributed by atoms with Gasteiger partial charge in [-0.05, 0) is 49.3 Å². The maximum atomic E-state index is 6.59. The first kappa shape index (κ1) is 22.6. The minimum atomic E-state index is -1.94. The van der Waals surface area contributed by atoms with Gasteiger partial charge in [-0.3, -0.25) is 0 Å². The van der Waals surface area contributed by atoms with E-state index in [0.29, 0.717) is 0 Å². The van der Waals surface area contributed by atoms with Crippen molar-refractivity contribution >= 4 is 28.2 Å². The van der Waals surface area contributed by atoms with Gasteiger partial charge in [0.25, 0.3) is 0 Å². The van der Waals surface area contributed by atoms with Crippen LogP contribution in [-0.4, -0.2) is 16.6 Å². The van der Waals surface area contributed by atoms with E-state index in [9.17, 15) is 0 Å².